The van der Waals surface area contributed by atoms with Crippen LogP contribution in [0.2, 0.25) is 0 Å². The van der Waals surface area contributed by atoms with Gasteiger partial charge in [-0.15, -0.1) is 11.0 Å². The van der Waals surface area contributed by atoms with Crippen LogP contribution in [0.25, 0.3) is 44.3 Å². The van der Waals surface area contributed by atoms with Gasteiger partial charge in [0.2, 0.25) is 8.07 Å². The van der Waals surface area contributed by atoms with E-state index in [1.807, 2.05) is 30.5 Å². The molecule has 47 heavy (non-hydrogen) atoms. The van der Waals surface area contributed by atoms with E-state index in [1.54, 1.807) is 0 Å². The molecule has 9 rings (SSSR count). The van der Waals surface area contributed by atoms with Crippen molar-refractivity contribution in [1.82, 2.24) is 25.1 Å². The average molecular weight is 805 g/mol. The van der Waals surface area contributed by atoms with E-state index in [-0.39, 0.29) is 21.1 Å². The molecule has 0 fully saturated rings. The Balaban J connectivity index is 0.000000209. The number of para-hydroxylation sites is 2. The Hall–Kier alpha value is -4.90. The molecule has 4 aromatic carbocycles. The number of pyridine rings is 2. The molecule has 5 nitrogen and oxygen atoms in total. The number of nitrogens with zero attached hydrogens (tertiary/aromatic N) is 5. The van der Waals surface area contributed by atoms with Crippen LogP contribution in [0.3, 0.4) is 0 Å². The zero-order valence-corrected chi connectivity index (χ0v) is 29.3. The van der Waals surface area contributed by atoms with Crippen molar-refractivity contribution in [3.63, 3.8) is 0 Å². The Morgan fingerprint density at radius 3 is 1.79 bits per heavy atom. The smallest absolute Gasteiger partial charge is 0.657 e. The summed E-state index contributed by atoms with van der Waals surface area (Å²) in [5.74, 6) is 0. The van der Waals surface area contributed by atoms with Crippen molar-refractivity contribution in [2.75, 3.05) is 0 Å². The molecule has 0 bridgehead atoms. The number of hydrogen-bond donors (Lipinski definition) is 0. The fourth-order valence-corrected chi connectivity index (χ4v) is 11.8. The molecule has 0 saturated heterocycles. The zero-order chi connectivity index (χ0) is 31.1. The predicted octanol–water partition coefficient (Wildman–Crippen LogP) is 5.67. The quantitative estimate of drug-likeness (QED) is 0.215. The van der Waals surface area contributed by atoms with E-state index in [2.05, 4.69) is 138 Å². The van der Waals surface area contributed by atoms with Gasteiger partial charge in [-0.05, 0) is 75.4 Å². The van der Waals surface area contributed by atoms with E-state index < -0.39 is 8.07 Å². The molecule has 0 amide bonds. The molecule has 5 heterocycles. The second kappa shape index (κ2) is 12.7. The second-order valence-corrected chi connectivity index (χ2v) is 15.2. The maximum absolute atomic E-state index is 5.30. The first kappa shape index (κ1) is 30.7. The molecule has 0 radical (unpaired) electrons. The van der Waals surface area contributed by atoms with Gasteiger partial charge in [-0.25, -0.2) is 0 Å². The Bertz CT molecular complexity index is 2250. The Kier molecular flexibility index (Phi) is 8.31. The van der Waals surface area contributed by atoms with Gasteiger partial charge in [0.1, 0.15) is 0 Å². The SMILES string of the molecule is CCc1n[n-]c(-c2cccc([Si]3(c4ccccn4)c4ccccc4-c4ccccc43)n2)c1C.[Pt+2].c1ccc2c(c1)[n-]c1ccccc12. The molecule has 4 aromatic heterocycles. The summed E-state index contributed by atoms with van der Waals surface area (Å²) in [5.41, 5.74) is 8.64. The van der Waals surface area contributed by atoms with Crippen LogP contribution in [-0.4, -0.2) is 23.1 Å². The minimum Gasteiger partial charge on any atom is -0.657 e. The van der Waals surface area contributed by atoms with Gasteiger partial charge in [0.15, 0.2) is 0 Å². The molecular weight excluding hydrogens is 774 g/mol. The zero-order valence-electron chi connectivity index (χ0n) is 26.0. The third-order valence-electron chi connectivity index (χ3n) is 9.11. The van der Waals surface area contributed by atoms with Crippen molar-refractivity contribution in [2.24, 2.45) is 0 Å². The van der Waals surface area contributed by atoms with E-state index in [9.17, 15) is 0 Å². The average Bonchev–Trinajstić information content (AvgIpc) is 3.79. The molecule has 0 saturated carbocycles. The summed E-state index contributed by atoms with van der Waals surface area (Å²) in [6.45, 7) is 4.20. The fraction of sp³-hybridized carbons (Fsp3) is 0.0750. The predicted molar refractivity (Wildman–Crippen MR) is 190 cm³/mol. The van der Waals surface area contributed by atoms with Gasteiger partial charge in [0, 0.05) is 28.2 Å². The molecule has 0 atom stereocenters. The number of fused-ring (bicyclic) bond motifs is 6. The van der Waals surface area contributed by atoms with Crippen molar-refractivity contribution in [2.45, 2.75) is 20.3 Å². The van der Waals surface area contributed by atoms with E-state index in [0.29, 0.717) is 0 Å². The van der Waals surface area contributed by atoms with E-state index in [1.165, 1.54) is 32.3 Å². The summed E-state index contributed by atoms with van der Waals surface area (Å²) < 4.78 is 0. The number of rotatable bonds is 4. The van der Waals surface area contributed by atoms with Crippen LogP contribution >= 0.6 is 0 Å². The monoisotopic (exact) mass is 804 g/mol. The van der Waals surface area contributed by atoms with Gasteiger partial charge in [0.05, 0.1) is 0 Å². The molecule has 0 aliphatic carbocycles. The van der Waals surface area contributed by atoms with Crippen LogP contribution in [0.1, 0.15) is 18.2 Å². The van der Waals surface area contributed by atoms with Crippen LogP contribution in [0.15, 0.2) is 140 Å². The topological polar surface area (TPSA) is 66.9 Å². The van der Waals surface area contributed by atoms with Gasteiger partial charge in [-0.3, -0.25) is 9.97 Å². The Morgan fingerprint density at radius 2 is 1.19 bits per heavy atom. The molecule has 7 heteroatoms. The van der Waals surface area contributed by atoms with Gasteiger partial charge < -0.3 is 15.2 Å². The fourth-order valence-electron chi connectivity index (χ4n) is 6.98. The van der Waals surface area contributed by atoms with Crippen LogP contribution < -0.4 is 31.1 Å². The van der Waals surface area contributed by atoms with Crippen molar-refractivity contribution in [1.29, 1.82) is 0 Å². The maximum atomic E-state index is 5.30. The van der Waals surface area contributed by atoms with Crippen LogP contribution in [-0.2, 0) is 27.5 Å². The van der Waals surface area contributed by atoms with Crippen LogP contribution in [0, 0.1) is 6.92 Å². The molecular formula is C40H31N5PtSi. The first-order valence-electron chi connectivity index (χ1n) is 15.7. The first-order valence-corrected chi connectivity index (χ1v) is 17.7. The van der Waals surface area contributed by atoms with Gasteiger partial charge >= 0.3 is 21.1 Å². The third-order valence-corrected chi connectivity index (χ3v) is 13.7. The molecule has 230 valence electrons. The standard InChI is InChI=1S/C28H23N4Si.C12H8N.Pt/c1-3-22-19(2)28(32-31-22)23-13-10-17-27(30-23)33(26-16-8-9-18-29-26)24-14-6-4-11-20(24)21-12-5-7-15-25(21)33;1-3-7-11-9(5-1)10-6-2-4-8-12(10)13-11;/h4-18H,3H2,1-2H3;1-8H;/q2*-1;+2. The maximum Gasteiger partial charge on any atom is 2.00 e. The third kappa shape index (κ3) is 5.00. The summed E-state index contributed by atoms with van der Waals surface area (Å²) in [6.07, 6.45) is 2.77. The summed E-state index contributed by atoms with van der Waals surface area (Å²) >= 11 is 0. The minimum absolute atomic E-state index is 0. The molecule has 0 N–H and O–H groups in total. The molecule has 8 aromatic rings. The van der Waals surface area contributed by atoms with Crippen molar-refractivity contribution in [3.05, 3.63) is 151 Å². The van der Waals surface area contributed by atoms with E-state index in [4.69, 9.17) is 9.97 Å². The van der Waals surface area contributed by atoms with Crippen LogP contribution in [0.4, 0.5) is 0 Å². The number of hydrogen-bond acceptors (Lipinski definition) is 3. The largest absolute Gasteiger partial charge is 2.00 e. The van der Waals surface area contributed by atoms with E-state index >= 15 is 0 Å². The van der Waals surface area contributed by atoms with Gasteiger partial charge in [0.25, 0.3) is 0 Å². The first-order chi connectivity index (χ1) is 22.7. The Labute approximate surface area is 289 Å². The van der Waals surface area contributed by atoms with Crippen molar-refractivity contribution in [3.8, 4) is 22.5 Å². The summed E-state index contributed by atoms with van der Waals surface area (Å²) in [7, 11) is -2.68. The number of benzene rings is 4. The molecule has 1 aliphatic rings. The number of aromatic nitrogens is 5. The molecule has 0 spiro atoms. The minimum atomic E-state index is -2.68. The second-order valence-electron chi connectivity index (χ2n) is 11.6. The van der Waals surface area contributed by atoms with Gasteiger partial charge in [-0.2, -0.15) is 0 Å². The van der Waals surface area contributed by atoms with Crippen molar-refractivity contribution >= 4 is 50.9 Å². The Morgan fingerprint density at radius 1 is 0.617 bits per heavy atom. The van der Waals surface area contributed by atoms with E-state index in [0.717, 1.165) is 50.7 Å². The molecule has 1 aliphatic heterocycles. The summed E-state index contributed by atoms with van der Waals surface area (Å²) in [5, 5.41) is 16.3. The van der Waals surface area contributed by atoms with Crippen LogP contribution in [0.5, 0.6) is 0 Å². The number of aryl methyl sites for hydroxylation is 1. The molecule has 0 unspecified atom stereocenters. The normalized spacial score (nSPS) is 12.6. The van der Waals surface area contributed by atoms with Gasteiger partial charge in [-0.1, -0.05) is 122 Å². The summed E-state index contributed by atoms with van der Waals surface area (Å²) in [4.78, 5) is 14.8. The summed E-state index contributed by atoms with van der Waals surface area (Å²) in [6, 6.07) is 46.6. The van der Waals surface area contributed by atoms with Crippen molar-refractivity contribution < 1.29 is 21.1 Å².